The topological polar surface area (TPSA) is 38.7 Å². The molecule has 0 radical (unpaired) electrons. The van der Waals surface area contributed by atoms with Crippen molar-refractivity contribution < 1.29 is 19.0 Å². The molecule has 3 nitrogen and oxygen atoms in total. The predicted molar refractivity (Wildman–Crippen MR) is 66.1 cm³/mol. The molecule has 0 spiro atoms. The monoisotopic (exact) mass is 254 g/mol. The average Bonchev–Trinajstić information content (AvgIpc) is 2.87. The Balaban J connectivity index is 2.37. The van der Waals surface area contributed by atoms with E-state index < -0.39 is 11.7 Å². The van der Waals surface area contributed by atoms with E-state index in [1.165, 1.54) is 25.3 Å². The highest BCUT2D eigenvalue weighted by Gasteiger charge is 2.42. The highest BCUT2D eigenvalue weighted by atomic mass is 19.1. The standard InChI is InChI=1S/C14H19FO3/c1-17-12-6-5-10(15)9-11(12)13(16)14(18-2)7-3-4-8-14/h5-6,9,13,16H,3-4,7-8H2,1-2H3. The van der Waals surface area contributed by atoms with Crippen molar-refractivity contribution in [1.82, 2.24) is 0 Å². The molecule has 1 aromatic carbocycles. The molecule has 100 valence electrons. The first-order chi connectivity index (χ1) is 8.63. The van der Waals surface area contributed by atoms with Gasteiger partial charge >= 0.3 is 0 Å². The van der Waals surface area contributed by atoms with Crippen LogP contribution in [-0.4, -0.2) is 24.9 Å². The Labute approximate surface area is 107 Å². The lowest BCUT2D eigenvalue weighted by Gasteiger charge is -2.33. The van der Waals surface area contributed by atoms with Gasteiger partial charge in [0.1, 0.15) is 17.7 Å². The molecule has 0 aliphatic heterocycles. The maximum atomic E-state index is 13.4. The lowest BCUT2D eigenvalue weighted by Crippen LogP contribution is -2.35. The molecule has 1 aliphatic rings. The number of aliphatic hydroxyl groups excluding tert-OH is 1. The molecule has 1 fully saturated rings. The van der Waals surface area contributed by atoms with E-state index >= 15 is 0 Å². The number of halogens is 1. The van der Waals surface area contributed by atoms with Gasteiger partial charge in [-0.25, -0.2) is 4.39 Å². The van der Waals surface area contributed by atoms with E-state index in [0.29, 0.717) is 11.3 Å². The molecule has 1 aromatic rings. The summed E-state index contributed by atoms with van der Waals surface area (Å²) in [6.07, 6.45) is 2.73. The van der Waals surface area contributed by atoms with Crippen LogP contribution in [0.15, 0.2) is 18.2 Å². The predicted octanol–water partition coefficient (Wildman–Crippen LogP) is 2.83. The first kappa shape index (κ1) is 13.3. The van der Waals surface area contributed by atoms with Crippen LogP contribution < -0.4 is 4.74 Å². The van der Waals surface area contributed by atoms with Crippen LogP contribution in [0.4, 0.5) is 4.39 Å². The third-order valence-electron chi connectivity index (χ3n) is 3.84. The highest BCUT2D eigenvalue weighted by molar-refractivity contribution is 5.37. The Hall–Kier alpha value is -1.13. The third-order valence-corrected chi connectivity index (χ3v) is 3.84. The lowest BCUT2D eigenvalue weighted by molar-refractivity contribution is -0.101. The Morgan fingerprint density at radius 1 is 1.28 bits per heavy atom. The van der Waals surface area contributed by atoms with E-state index in [0.717, 1.165) is 25.7 Å². The van der Waals surface area contributed by atoms with Gasteiger partial charge in [-0.1, -0.05) is 12.8 Å². The van der Waals surface area contributed by atoms with Crippen LogP contribution in [0.25, 0.3) is 0 Å². The van der Waals surface area contributed by atoms with Gasteiger partial charge in [0, 0.05) is 12.7 Å². The van der Waals surface area contributed by atoms with E-state index in [4.69, 9.17) is 9.47 Å². The Morgan fingerprint density at radius 2 is 1.94 bits per heavy atom. The van der Waals surface area contributed by atoms with Crippen molar-refractivity contribution in [3.63, 3.8) is 0 Å². The van der Waals surface area contributed by atoms with Crippen LogP contribution in [0.5, 0.6) is 5.75 Å². The number of methoxy groups -OCH3 is 2. The summed E-state index contributed by atoms with van der Waals surface area (Å²) in [5.74, 6) is 0.112. The molecule has 0 aromatic heterocycles. The lowest BCUT2D eigenvalue weighted by atomic mass is 9.88. The van der Waals surface area contributed by atoms with E-state index in [9.17, 15) is 9.50 Å². The molecule has 1 atom stereocenters. The molecule has 1 saturated carbocycles. The van der Waals surface area contributed by atoms with Gasteiger partial charge in [0.05, 0.1) is 12.7 Å². The number of rotatable bonds is 4. The zero-order chi connectivity index (χ0) is 13.2. The van der Waals surface area contributed by atoms with E-state index in [-0.39, 0.29) is 5.82 Å². The van der Waals surface area contributed by atoms with Crippen molar-refractivity contribution >= 4 is 0 Å². The Morgan fingerprint density at radius 3 is 2.50 bits per heavy atom. The summed E-state index contributed by atoms with van der Waals surface area (Å²) in [5.41, 5.74) is -0.151. The van der Waals surface area contributed by atoms with Gasteiger partial charge in [0.15, 0.2) is 0 Å². The minimum absolute atomic E-state index is 0.380. The molecule has 0 heterocycles. The van der Waals surface area contributed by atoms with Crippen molar-refractivity contribution in [3.05, 3.63) is 29.6 Å². The van der Waals surface area contributed by atoms with Gasteiger partial charge < -0.3 is 14.6 Å². The van der Waals surface area contributed by atoms with E-state index in [1.807, 2.05) is 0 Å². The smallest absolute Gasteiger partial charge is 0.124 e. The summed E-state index contributed by atoms with van der Waals surface area (Å²) in [6.45, 7) is 0. The first-order valence-electron chi connectivity index (χ1n) is 6.19. The van der Waals surface area contributed by atoms with Gasteiger partial charge in [-0.2, -0.15) is 0 Å². The Kier molecular flexibility index (Phi) is 3.88. The highest BCUT2D eigenvalue weighted by Crippen LogP contribution is 2.44. The number of benzene rings is 1. The number of hydrogen-bond donors (Lipinski definition) is 1. The minimum atomic E-state index is -0.865. The molecule has 0 bridgehead atoms. The van der Waals surface area contributed by atoms with Crippen LogP contribution in [0, 0.1) is 5.82 Å². The molecule has 0 saturated heterocycles. The molecule has 1 unspecified atom stereocenters. The number of hydrogen-bond acceptors (Lipinski definition) is 3. The number of ether oxygens (including phenoxy) is 2. The molecular weight excluding hydrogens is 235 g/mol. The largest absolute Gasteiger partial charge is 0.496 e. The second-order valence-electron chi connectivity index (χ2n) is 4.76. The zero-order valence-corrected chi connectivity index (χ0v) is 10.8. The van der Waals surface area contributed by atoms with Crippen LogP contribution in [0.3, 0.4) is 0 Å². The fraction of sp³-hybridized carbons (Fsp3) is 0.571. The summed E-state index contributed by atoms with van der Waals surface area (Å²) in [4.78, 5) is 0. The van der Waals surface area contributed by atoms with Crippen molar-refractivity contribution in [3.8, 4) is 5.75 Å². The molecular formula is C14H19FO3. The van der Waals surface area contributed by atoms with Crippen molar-refractivity contribution in [2.75, 3.05) is 14.2 Å². The van der Waals surface area contributed by atoms with E-state index in [2.05, 4.69) is 0 Å². The Bertz CT molecular complexity index is 414. The summed E-state index contributed by atoms with van der Waals surface area (Å²) in [7, 11) is 3.11. The second kappa shape index (κ2) is 5.24. The minimum Gasteiger partial charge on any atom is -0.496 e. The number of aliphatic hydroxyl groups is 1. The summed E-state index contributed by atoms with van der Waals surface area (Å²) in [5, 5.41) is 10.5. The SMILES string of the molecule is COc1ccc(F)cc1C(O)C1(OC)CCCC1. The van der Waals surface area contributed by atoms with Crippen molar-refractivity contribution in [2.24, 2.45) is 0 Å². The molecule has 1 aliphatic carbocycles. The fourth-order valence-electron chi connectivity index (χ4n) is 2.76. The van der Waals surface area contributed by atoms with Crippen LogP contribution in [0.2, 0.25) is 0 Å². The molecule has 2 rings (SSSR count). The molecule has 18 heavy (non-hydrogen) atoms. The quantitative estimate of drug-likeness (QED) is 0.898. The van der Waals surface area contributed by atoms with Crippen LogP contribution >= 0.6 is 0 Å². The second-order valence-corrected chi connectivity index (χ2v) is 4.76. The first-order valence-corrected chi connectivity index (χ1v) is 6.19. The van der Waals surface area contributed by atoms with Crippen molar-refractivity contribution in [1.29, 1.82) is 0 Å². The van der Waals surface area contributed by atoms with Crippen molar-refractivity contribution in [2.45, 2.75) is 37.4 Å². The van der Waals surface area contributed by atoms with Gasteiger partial charge in [0.2, 0.25) is 0 Å². The van der Waals surface area contributed by atoms with Crippen LogP contribution in [-0.2, 0) is 4.74 Å². The van der Waals surface area contributed by atoms with Gasteiger partial charge in [-0.3, -0.25) is 0 Å². The summed E-state index contributed by atoms with van der Waals surface area (Å²) < 4.78 is 24.1. The molecule has 0 amide bonds. The third kappa shape index (κ3) is 2.22. The average molecular weight is 254 g/mol. The van der Waals surface area contributed by atoms with Gasteiger partial charge in [-0.05, 0) is 31.0 Å². The molecule has 4 heteroatoms. The normalized spacial score (nSPS) is 19.8. The van der Waals surface area contributed by atoms with E-state index in [1.54, 1.807) is 7.11 Å². The summed E-state index contributed by atoms with van der Waals surface area (Å²) in [6, 6.07) is 4.18. The van der Waals surface area contributed by atoms with Gasteiger partial charge in [-0.15, -0.1) is 0 Å². The summed E-state index contributed by atoms with van der Waals surface area (Å²) >= 11 is 0. The zero-order valence-electron chi connectivity index (χ0n) is 10.8. The molecule has 1 N–H and O–H groups in total. The van der Waals surface area contributed by atoms with Crippen LogP contribution in [0.1, 0.15) is 37.4 Å². The van der Waals surface area contributed by atoms with Gasteiger partial charge in [0.25, 0.3) is 0 Å². The maximum absolute atomic E-state index is 13.4. The fourth-order valence-corrected chi connectivity index (χ4v) is 2.76. The maximum Gasteiger partial charge on any atom is 0.124 e.